The second-order valence-corrected chi connectivity index (χ2v) is 2.36. The van der Waals surface area contributed by atoms with Crippen LogP contribution in [0, 0.1) is 0 Å². The molecular formula is C6H7ClN2O2. The first kappa shape index (κ1) is 8.07. The van der Waals surface area contributed by atoms with Gasteiger partial charge in [-0.05, 0) is 0 Å². The summed E-state index contributed by atoms with van der Waals surface area (Å²) in [5.74, 6) is -0.469. The average molecular weight is 175 g/mol. The van der Waals surface area contributed by atoms with Crippen molar-refractivity contribution in [2.24, 2.45) is 7.05 Å². The minimum absolute atomic E-state index is 0.166. The molecule has 0 bridgehead atoms. The van der Waals surface area contributed by atoms with Crippen LogP contribution in [-0.4, -0.2) is 22.9 Å². The Morgan fingerprint density at radius 1 is 1.82 bits per heavy atom. The smallest absolute Gasteiger partial charge is 0.342 e. The molecule has 0 aromatic carbocycles. The van der Waals surface area contributed by atoms with Gasteiger partial charge in [-0.15, -0.1) is 0 Å². The van der Waals surface area contributed by atoms with Crippen LogP contribution in [0.5, 0.6) is 0 Å². The van der Waals surface area contributed by atoms with Crippen molar-refractivity contribution in [3.05, 3.63) is 16.9 Å². The minimum Gasteiger partial charge on any atom is -0.465 e. The van der Waals surface area contributed by atoms with E-state index in [1.807, 2.05) is 0 Å². The number of aromatic nitrogens is 2. The zero-order chi connectivity index (χ0) is 8.43. The highest BCUT2D eigenvalue weighted by Crippen LogP contribution is 2.12. The van der Waals surface area contributed by atoms with Crippen molar-refractivity contribution >= 4 is 17.6 Å². The van der Waals surface area contributed by atoms with Crippen LogP contribution in [0.2, 0.25) is 5.15 Å². The second-order valence-electron chi connectivity index (χ2n) is 2.00. The highest BCUT2D eigenvalue weighted by molar-refractivity contribution is 6.32. The molecule has 11 heavy (non-hydrogen) atoms. The molecule has 0 amide bonds. The molecule has 0 N–H and O–H groups in total. The fraction of sp³-hybridized carbons (Fsp3) is 0.333. The Hall–Kier alpha value is -1.03. The summed E-state index contributed by atoms with van der Waals surface area (Å²) < 4.78 is 5.91. The zero-order valence-corrected chi connectivity index (χ0v) is 6.92. The van der Waals surface area contributed by atoms with E-state index < -0.39 is 5.97 Å². The normalized spacial score (nSPS) is 9.73. The third-order valence-electron chi connectivity index (χ3n) is 1.19. The molecule has 0 aliphatic rings. The van der Waals surface area contributed by atoms with Gasteiger partial charge in [-0.1, -0.05) is 11.6 Å². The van der Waals surface area contributed by atoms with E-state index in [0.717, 1.165) is 0 Å². The standard InChI is InChI=1S/C6H7ClN2O2/c1-9-3-4(5(7)8-9)6(10)11-2/h3H,1-2H3. The maximum Gasteiger partial charge on any atom is 0.342 e. The van der Waals surface area contributed by atoms with E-state index in [0.29, 0.717) is 0 Å². The number of hydrogen-bond acceptors (Lipinski definition) is 3. The van der Waals surface area contributed by atoms with E-state index in [1.54, 1.807) is 7.05 Å². The summed E-state index contributed by atoms with van der Waals surface area (Å²) in [6.07, 6.45) is 1.51. The van der Waals surface area contributed by atoms with Gasteiger partial charge in [0.1, 0.15) is 5.56 Å². The van der Waals surface area contributed by atoms with E-state index in [9.17, 15) is 4.79 Å². The van der Waals surface area contributed by atoms with Crippen molar-refractivity contribution < 1.29 is 9.53 Å². The number of halogens is 1. The van der Waals surface area contributed by atoms with Crippen molar-refractivity contribution in [3.63, 3.8) is 0 Å². The molecule has 0 saturated heterocycles. The fourth-order valence-corrected chi connectivity index (χ4v) is 0.953. The third-order valence-corrected chi connectivity index (χ3v) is 1.47. The van der Waals surface area contributed by atoms with Crippen LogP contribution in [0.3, 0.4) is 0 Å². The number of rotatable bonds is 1. The monoisotopic (exact) mass is 174 g/mol. The summed E-state index contributed by atoms with van der Waals surface area (Å²) in [4.78, 5) is 10.9. The maximum atomic E-state index is 10.9. The minimum atomic E-state index is -0.469. The first-order chi connectivity index (χ1) is 5.15. The molecule has 1 aromatic heterocycles. The molecule has 0 saturated carbocycles. The first-order valence-electron chi connectivity index (χ1n) is 2.92. The molecule has 0 unspecified atom stereocenters. The van der Waals surface area contributed by atoms with Crippen molar-refractivity contribution in [2.75, 3.05) is 7.11 Å². The number of aryl methyl sites for hydroxylation is 1. The summed E-state index contributed by atoms with van der Waals surface area (Å²) in [6.45, 7) is 0. The SMILES string of the molecule is COC(=O)c1cn(C)nc1Cl. The summed E-state index contributed by atoms with van der Waals surface area (Å²) in [7, 11) is 2.98. The number of ether oxygens (including phenoxy) is 1. The molecule has 1 aromatic rings. The van der Waals surface area contributed by atoms with Gasteiger partial charge in [-0.25, -0.2) is 4.79 Å². The maximum absolute atomic E-state index is 10.9. The first-order valence-corrected chi connectivity index (χ1v) is 3.30. The van der Waals surface area contributed by atoms with E-state index in [1.165, 1.54) is 18.0 Å². The summed E-state index contributed by atoms with van der Waals surface area (Å²) in [6, 6.07) is 0. The Labute approximate surface area is 68.7 Å². The highest BCUT2D eigenvalue weighted by Gasteiger charge is 2.13. The van der Waals surface area contributed by atoms with Gasteiger partial charge in [0.15, 0.2) is 5.15 Å². The largest absolute Gasteiger partial charge is 0.465 e. The molecule has 0 radical (unpaired) electrons. The van der Waals surface area contributed by atoms with E-state index in [4.69, 9.17) is 11.6 Å². The van der Waals surface area contributed by atoms with Gasteiger partial charge in [0.05, 0.1) is 7.11 Å². The second kappa shape index (κ2) is 2.92. The number of carbonyl (C=O) groups excluding carboxylic acids is 1. The average Bonchev–Trinajstić information content (AvgIpc) is 2.28. The van der Waals surface area contributed by atoms with Crippen LogP contribution < -0.4 is 0 Å². The summed E-state index contributed by atoms with van der Waals surface area (Å²) in [5.41, 5.74) is 0.289. The van der Waals surface area contributed by atoms with Gasteiger partial charge in [0.25, 0.3) is 0 Å². The third kappa shape index (κ3) is 1.51. The van der Waals surface area contributed by atoms with E-state index >= 15 is 0 Å². The summed E-state index contributed by atoms with van der Waals surface area (Å²) in [5, 5.41) is 3.93. The highest BCUT2D eigenvalue weighted by atomic mass is 35.5. The lowest BCUT2D eigenvalue weighted by atomic mass is 10.4. The molecule has 0 atom stereocenters. The Kier molecular flexibility index (Phi) is 2.14. The Balaban J connectivity index is 3.03. The van der Waals surface area contributed by atoms with Crippen LogP contribution in [0.25, 0.3) is 0 Å². The number of carbonyl (C=O) groups is 1. The molecule has 60 valence electrons. The predicted molar refractivity (Wildman–Crippen MR) is 39.6 cm³/mol. The molecular weight excluding hydrogens is 168 g/mol. The number of nitrogens with zero attached hydrogens (tertiary/aromatic N) is 2. The Morgan fingerprint density at radius 2 is 2.45 bits per heavy atom. The molecule has 1 rings (SSSR count). The van der Waals surface area contributed by atoms with Gasteiger partial charge < -0.3 is 4.74 Å². The molecule has 0 fully saturated rings. The molecule has 0 aliphatic heterocycles. The number of hydrogen-bond donors (Lipinski definition) is 0. The van der Waals surface area contributed by atoms with Crippen LogP contribution in [0.4, 0.5) is 0 Å². The van der Waals surface area contributed by atoms with Crippen molar-refractivity contribution in [1.82, 2.24) is 9.78 Å². The van der Waals surface area contributed by atoms with Crippen LogP contribution >= 0.6 is 11.6 Å². The van der Waals surface area contributed by atoms with Gasteiger partial charge in [-0.3, -0.25) is 4.68 Å². The van der Waals surface area contributed by atoms with Crippen molar-refractivity contribution in [1.29, 1.82) is 0 Å². The Bertz CT molecular complexity index is 282. The lowest BCUT2D eigenvalue weighted by molar-refractivity contribution is 0.0601. The molecule has 5 heteroatoms. The van der Waals surface area contributed by atoms with Crippen molar-refractivity contribution in [3.8, 4) is 0 Å². The quantitative estimate of drug-likeness (QED) is 0.594. The number of methoxy groups -OCH3 is 1. The topological polar surface area (TPSA) is 44.1 Å². The molecule has 1 heterocycles. The van der Waals surface area contributed by atoms with Crippen LogP contribution in [0.15, 0.2) is 6.20 Å². The Morgan fingerprint density at radius 3 is 2.82 bits per heavy atom. The molecule has 0 spiro atoms. The predicted octanol–water partition coefficient (Wildman–Crippen LogP) is 0.860. The fourth-order valence-electron chi connectivity index (χ4n) is 0.708. The van der Waals surface area contributed by atoms with Gasteiger partial charge >= 0.3 is 5.97 Å². The van der Waals surface area contributed by atoms with E-state index in [-0.39, 0.29) is 10.7 Å². The van der Waals surface area contributed by atoms with Crippen LogP contribution in [-0.2, 0) is 11.8 Å². The van der Waals surface area contributed by atoms with Crippen molar-refractivity contribution in [2.45, 2.75) is 0 Å². The van der Waals surface area contributed by atoms with Crippen LogP contribution in [0.1, 0.15) is 10.4 Å². The summed E-state index contributed by atoms with van der Waals surface area (Å²) >= 11 is 5.59. The lowest BCUT2D eigenvalue weighted by Gasteiger charge is -1.92. The van der Waals surface area contributed by atoms with Gasteiger partial charge in [-0.2, -0.15) is 5.10 Å². The van der Waals surface area contributed by atoms with Gasteiger partial charge in [0.2, 0.25) is 0 Å². The lowest BCUT2D eigenvalue weighted by Crippen LogP contribution is -1.99. The van der Waals surface area contributed by atoms with Gasteiger partial charge in [0, 0.05) is 13.2 Å². The number of esters is 1. The zero-order valence-electron chi connectivity index (χ0n) is 6.17. The molecule has 4 nitrogen and oxygen atoms in total. The molecule has 0 aliphatic carbocycles. The van der Waals surface area contributed by atoms with E-state index in [2.05, 4.69) is 9.84 Å².